The lowest BCUT2D eigenvalue weighted by Crippen LogP contribution is -2.16. The first-order chi connectivity index (χ1) is 9.52. The molecular weight excluding hydrogens is 272 g/mol. The van der Waals surface area contributed by atoms with Crippen LogP contribution in [0.4, 0.5) is 11.6 Å². The van der Waals surface area contributed by atoms with Crippen LogP contribution in [0.5, 0.6) is 0 Å². The molecule has 2 rings (SSSR count). The van der Waals surface area contributed by atoms with E-state index in [9.17, 15) is 0 Å². The summed E-state index contributed by atoms with van der Waals surface area (Å²) in [4.78, 5) is 13.3. The van der Waals surface area contributed by atoms with Gasteiger partial charge in [0.15, 0.2) is 0 Å². The van der Waals surface area contributed by atoms with Gasteiger partial charge < -0.3 is 10.7 Å². The summed E-state index contributed by atoms with van der Waals surface area (Å²) in [6.45, 7) is 8.11. The molecule has 1 unspecified atom stereocenters. The first-order valence-corrected chi connectivity index (χ1v) is 7.42. The fourth-order valence-corrected chi connectivity index (χ4v) is 2.43. The molecule has 0 bridgehead atoms. The Balaban J connectivity index is 2.32. The van der Waals surface area contributed by atoms with Crippen molar-refractivity contribution in [2.45, 2.75) is 39.7 Å². The average Bonchev–Trinajstić information content (AvgIpc) is 2.94. The molecule has 0 aliphatic carbocycles. The van der Waals surface area contributed by atoms with Crippen LogP contribution in [0.1, 0.15) is 49.1 Å². The number of aromatic nitrogens is 3. The van der Waals surface area contributed by atoms with E-state index >= 15 is 0 Å². The van der Waals surface area contributed by atoms with E-state index in [4.69, 9.17) is 5.84 Å². The fourth-order valence-electron chi connectivity index (χ4n) is 1.79. The van der Waals surface area contributed by atoms with Crippen molar-refractivity contribution in [3.63, 3.8) is 0 Å². The van der Waals surface area contributed by atoms with Gasteiger partial charge in [-0.3, -0.25) is 0 Å². The number of nitrogens with two attached hydrogens (primary N) is 1. The summed E-state index contributed by atoms with van der Waals surface area (Å²) in [6, 6.07) is 0.0919. The third kappa shape index (κ3) is 3.05. The number of thiazole rings is 1. The molecule has 1 atom stereocenters. The molecule has 0 aliphatic rings. The van der Waals surface area contributed by atoms with Gasteiger partial charge in [-0.05, 0) is 13.8 Å². The maximum absolute atomic E-state index is 5.54. The Morgan fingerprint density at radius 3 is 2.45 bits per heavy atom. The molecule has 0 radical (unpaired) electrons. The topological polar surface area (TPSA) is 88.8 Å². The van der Waals surface area contributed by atoms with Crippen LogP contribution in [0.2, 0.25) is 0 Å². The predicted octanol–water partition coefficient (Wildman–Crippen LogP) is 2.82. The molecule has 6 nitrogen and oxygen atoms in total. The first-order valence-electron chi connectivity index (χ1n) is 6.54. The van der Waals surface area contributed by atoms with E-state index in [0.29, 0.717) is 5.82 Å². The molecule has 20 heavy (non-hydrogen) atoms. The van der Waals surface area contributed by atoms with Crippen LogP contribution in [-0.4, -0.2) is 15.0 Å². The summed E-state index contributed by atoms with van der Waals surface area (Å²) in [7, 11) is 0. The van der Waals surface area contributed by atoms with Gasteiger partial charge in [-0.2, -0.15) is 0 Å². The number of nitrogens with zero attached hydrogens (tertiary/aromatic N) is 3. The number of rotatable bonds is 5. The Hall–Kier alpha value is -1.73. The van der Waals surface area contributed by atoms with Gasteiger partial charge in [-0.1, -0.05) is 13.8 Å². The normalized spacial score (nSPS) is 12.5. The summed E-state index contributed by atoms with van der Waals surface area (Å²) in [5, 5.41) is 6.37. The van der Waals surface area contributed by atoms with Crippen LogP contribution < -0.4 is 16.6 Å². The number of nitrogen functional groups attached to an aromatic ring is 1. The highest BCUT2D eigenvalue weighted by molar-refractivity contribution is 7.09. The molecule has 0 spiro atoms. The fraction of sp³-hybridized carbons (Fsp3) is 0.462. The molecule has 0 saturated carbocycles. The minimum absolute atomic E-state index is 0.0919. The molecule has 108 valence electrons. The van der Waals surface area contributed by atoms with E-state index in [-0.39, 0.29) is 12.0 Å². The van der Waals surface area contributed by atoms with Crippen LogP contribution in [-0.2, 0) is 0 Å². The molecule has 0 aromatic carbocycles. The Morgan fingerprint density at radius 2 is 1.90 bits per heavy atom. The Labute approximate surface area is 122 Å². The van der Waals surface area contributed by atoms with E-state index in [1.807, 2.05) is 12.3 Å². The maximum Gasteiger partial charge on any atom is 0.148 e. The minimum Gasteiger partial charge on any atom is -0.361 e. The standard InChI is InChI=1S/C13H20N6S/c1-7(2)10-17-11(8(3)12(18-10)19-14)16-9(4)13-15-5-6-20-13/h5-7,9H,14H2,1-4H3,(H2,16,17,18,19). The molecule has 2 aromatic rings. The summed E-state index contributed by atoms with van der Waals surface area (Å²) < 4.78 is 0. The predicted molar refractivity (Wildman–Crippen MR) is 82.8 cm³/mol. The summed E-state index contributed by atoms with van der Waals surface area (Å²) >= 11 is 1.62. The van der Waals surface area contributed by atoms with Gasteiger partial charge in [0.1, 0.15) is 22.5 Å². The SMILES string of the molecule is Cc1c(NN)nc(C(C)C)nc1NC(C)c1nccs1. The smallest absolute Gasteiger partial charge is 0.148 e. The van der Waals surface area contributed by atoms with Gasteiger partial charge in [0.2, 0.25) is 0 Å². The van der Waals surface area contributed by atoms with Crippen molar-refractivity contribution >= 4 is 23.0 Å². The van der Waals surface area contributed by atoms with Gasteiger partial charge in [-0.25, -0.2) is 20.8 Å². The molecular formula is C13H20N6S. The van der Waals surface area contributed by atoms with Gasteiger partial charge >= 0.3 is 0 Å². The van der Waals surface area contributed by atoms with Crippen molar-refractivity contribution in [2.24, 2.45) is 5.84 Å². The van der Waals surface area contributed by atoms with Crippen molar-refractivity contribution in [1.29, 1.82) is 0 Å². The van der Waals surface area contributed by atoms with Crippen LogP contribution in [0.25, 0.3) is 0 Å². The van der Waals surface area contributed by atoms with Crippen molar-refractivity contribution in [2.75, 3.05) is 10.7 Å². The maximum atomic E-state index is 5.54. The zero-order valence-corrected chi connectivity index (χ0v) is 13.0. The second-order valence-corrected chi connectivity index (χ2v) is 5.87. The summed E-state index contributed by atoms with van der Waals surface area (Å²) in [5.41, 5.74) is 3.54. The van der Waals surface area contributed by atoms with E-state index < -0.39 is 0 Å². The molecule has 4 N–H and O–H groups in total. The third-order valence-electron chi connectivity index (χ3n) is 2.99. The zero-order valence-electron chi connectivity index (χ0n) is 12.1. The average molecular weight is 292 g/mol. The van der Waals surface area contributed by atoms with Crippen molar-refractivity contribution in [3.05, 3.63) is 28.0 Å². The Kier molecular flexibility index (Phi) is 4.51. The van der Waals surface area contributed by atoms with E-state index in [1.54, 1.807) is 17.5 Å². The molecule has 0 amide bonds. The minimum atomic E-state index is 0.0919. The van der Waals surface area contributed by atoms with Crippen molar-refractivity contribution in [3.8, 4) is 0 Å². The number of hydrogen-bond acceptors (Lipinski definition) is 7. The quantitative estimate of drug-likeness (QED) is 0.580. The highest BCUT2D eigenvalue weighted by Crippen LogP contribution is 2.26. The van der Waals surface area contributed by atoms with Gasteiger partial charge in [-0.15, -0.1) is 11.3 Å². The van der Waals surface area contributed by atoms with Crippen molar-refractivity contribution < 1.29 is 0 Å². The second-order valence-electron chi connectivity index (χ2n) is 4.94. The molecule has 7 heteroatoms. The third-order valence-corrected chi connectivity index (χ3v) is 3.95. The van der Waals surface area contributed by atoms with Gasteiger partial charge in [0.05, 0.1) is 6.04 Å². The van der Waals surface area contributed by atoms with E-state index in [2.05, 4.69) is 46.5 Å². The van der Waals surface area contributed by atoms with Crippen LogP contribution >= 0.6 is 11.3 Å². The number of hydrogen-bond donors (Lipinski definition) is 3. The summed E-state index contributed by atoms with van der Waals surface area (Å²) in [6.07, 6.45) is 1.80. The molecule has 2 heterocycles. The largest absolute Gasteiger partial charge is 0.361 e. The second kappa shape index (κ2) is 6.15. The molecule has 0 aliphatic heterocycles. The molecule has 0 saturated heterocycles. The monoisotopic (exact) mass is 292 g/mol. The highest BCUT2D eigenvalue weighted by atomic mass is 32.1. The van der Waals surface area contributed by atoms with E-state index in [1.165, 1.54) is 0 Å². The van der Waals surface area contributed by atoms with Crippen LogP contribution in [0.15, 0.2) is 11.6 Å². The Bertz CT molecular complexity index is 566. The van der Waals surface area contributed by atoms with Gasteiger partial charge in [0, 0.05) is 23.1 Å². The lowest BCUT2D eigenvalue weighted by atomic mass is 10.2. The highest BCUT2D eigenvalue weighted by Gasteiger charge is 2.15. The lowest BCUT2D eigenvalue weighted by Gasteiger charge is -2.17. The Morgan fingerprint density at radius 1 is 1.20 bits per heavy atom. The van der Waals surface area contributed by atoms with Crippen molar-refractivity contribution in [1.82, 2.24) is 15.0 Å². The lowest BCUT2D eigenvalue weighted by molar-refractivity contribution is 0.765. The number of nitrogens with one attached hydrogen (secondary N) is 2. The number of hydrazine groups is 1. The molecule has 2 aromatic heterocycles. The van der Waals surface area contributed by atoms with Crippen LogP contribution in [0, 0.1) is 6.92 Å². The van der Waals surface area contributed by atoms with Gasteiger partial charge in [0.25, 0.3) is 0 Å². The van der Waals surface area contributed by atoms with Crippen LogP contribution in [0.3, 0.4) is 0 Å². The number of anilines is 2. The molecule has 0 fully saturated rings. The summed E-state index contributed by atoms with van der Waals surface area (Å²) in [5.74, 6) is 7.97. The van der Waals surface area contributed by atoms with E-state index in [0.717, 1.165) is 22.2 Å². The zero-order chi connectivity index (χ0) is 14.7. The first kappa shape index (κ1) is 14.7.